The van der Waals surface area contributed by atoms with Crippen LogP contribution in [0.2, 0.25) is 0 Å². The fraction of sp³-hybridized carbons (Fsp3) is 0.250. The van der Waals surface area contributed by atoms with Gasteiger partial charge < -0.3 is 10.4 Å². The van der Waals surface area contributed by atoms with Gasteiger partial charge in [-0.15, -0.1) is 0 Å². The third-order valence-electron chi connectivity index (χ3n) is 4.15. The second-order valence-electron chi connectivity index (χ2n) is 5.82. The quantitative estimate of drug-likeness (QED) is 0.701. The summed E-state index contributed by atoms with van der Waals surface area (Å²) in [5.41, 5.74) is 4.23. The van der Waals surface area contributed by atoms with Crippen LogP contribution >= 0.6 is 0 Å². The zero-order valence-electron chi connectivity index (χ0n) is 13.9. The number of rotatable bonds is 7. The van der Waals surface area contributed by atoms with Crippen LogP contribution in [0.25, 0.3) is 16.9 Å². The number of aliphatic hydroxyl groups excluding tert-OH is 1. The smallest absolute Gasteiger partial charge is 0.0972 e. The van der Waals surface area contributed by atoms with Crippen LogP contribution in [0, 0.1) is 0 Å². The second kappa shape index (κ2) is 7.90. The lowest BCUT2D eigenvalue weighted by Gasteiger charge is -2.13. The van der Waals surface area contributed by atoms with Gasteiger partial charge in [-0.1, -0.05) is 55.5 Å². The Bertz CT molecular complexity index is 749. The van der Waals surface area contributed by atoms with Crippen LogP contribution in [0.5, 0.6) is 0 Å². The lowest BCUT2D eigenvalue weighted by atomic mass is 10.1. The predicted molar refractivity (Wildman–Crippen MR) is 97.0 cm³/mol. The summed E-state index contributed by atoms with van der Waals surface area (Å²) in [7, 11) is 0. The molecule has 0 aliphatic carbocycles. The van der Waals surface area contributed by atoms with Crippen molar-refractivity contribution >= 4 is 0 Å². The lowest BCUT2D eigenvalue weighted by Crippen LogP contribution is -2.31. The van der Waals surface area contributed by atoms with Gasteiger partial charge >= 0.3 is 0 Å². The summed E-state index contributed by atoms with van der Waals surface area (Å²) in [6.45, 7) is 2.89. The van der Waals surface area contributed by atoms with E-state index in [9.17, 15) is 5.11 Å². The Morgan fingerprint density at radius 1 is 1.04 bits per heavy atom. The van der Waals surface area contributed by atoms with Crippen molar-refractivity contribution in [3.05, 3.63) is 72.4 Å². The molecule has 1 atom stereocenters. The van der Waals surface area contributed by atoms with Crippen molar-refractivity contribution in [1.29, 1.82) is 0 Å². The van der Waals surface area contributed by atoms with E-state index in [2.05, 4.69) is 30.6 Å². The fourth-order valence-electron chi connectivity index (χ4n) is 2.68. The third-order valence-corrected chi connectivity index (χ3v) is 4.15. The highest BCUT2D eigenvalue weighted by Crippen LogP contribution is 2.23. The minimum atomic E-state index is 0.105. The maximum atomic E-state index is 9.39. The molecule has 0 saturated heterocycles. The van der Waals surface area contributed by atoms with Gasteiger partial charge in [0.15, 0.2) is 0 Å². The standard InChI is InChI=1S/C20H23N3O/c1-2-18(15-24)21-13-17-14-23(19-11-7-4-8-12-19)22-20(17)16-9-5-3-6-10-16/h3-12,14,18,21,24H,2,13,15H2,1H3. The molecule has 1 unspecified atom stereocenters. The van der Waals surface area contributed by atoms with Gasteiger partial charge in [0.25, 0.3) is 0 Å². The van der Waals surface area contributed by atoms with Crippen molar-refractivity contribution < 1.29 is 5.11 Å². The first-order valence-electron chi connectivity index (χ1n) is 8.35. The summed E-state index contributed by atoms with van der Waals surface area (Å²) in [5.74, 6) is 0. The van der Waals surface area contributed by atoms with Gasteiger partial charge in [-0.3, -0.25) is 0 Å². The molecule has 4 heteroatoms. The molecule has 2 N–H and O–H groups in total. The third kappa shape index (κ3) is 3.72. The van der Waals surface area contributed by atoms with Crippen molar-refractivity contribution in [3.63, 3.8) is 0 Å². The molecule has 3 aromatic rings. The Labute approximate surface area is 142 Å². The molecule has 3 rings (SSSR count). The average molecular weight is 321 g/mol. The Kier molecular flexibility index (Phi) is 5.41. The molecule has 0 aliphatic rings. The number of hydrogen-bond donors (Lipinski definition) is 2. The normalized spacial score (nSPS) is 12.2. The zero-order chi connectivity index (χ0) is 16.8. The van der Waals surface area contributed by atoms with Crippen molar-refractivity contribution in [2.45, 2.75) is 25.9 Å². The molecule has 0 radical (unpaired) electrons. The highest BCUT2D eigenvalue weighted by Gasteiger charge is 2.13. The molecule has 0 fully saturated rings. The van der Waals surface area contributed by atoms with E-state index in [1.54, 1.807) is 0 Å². The maximum absolute atomic E-state index is 9.39. The SMILES string of the molecule is CCC(CO)NCc1cn(-c2ccccc2)nc1-c1ccccc1. The van der Waals surface area contributed by atoms with Gasteiger partial charge in [0.2, 0.25) is 0 Å². The predicted octanol–water partition coefficient (Wildman–Crippen LogP) is 3.40. The highest BCUT2D eigenvalue weighted by molar-refractivity contribution is 5.63. The average Bonchev–Trinajstić information content (AvgIpc) is 3.08. The Morgan fingerprint density at radius 2 is 1.71 bits per heavy atom. The van der Waals surface area contributed by atoms with Gasteiger partial charge in [0.05, 0.1) is 18.0 Å². The first kappa shape index (κ1) is 16.4. The molecule has 1 heterocycles. The van der Waals surface area contributed by atoms with E-state index in [1.165, 1.54) is 0 Å². The highest BCUT2D eigenvalue weighted by atomic mass is 16.3. The number of benzene rings is 2. The minimum Gasteiger partial charge on any atom is -0.395 e. The monoisotopic (exact) mass is 321 g/mol. The van der Waals surface area contributed by atoms with E-state index in [4.69, 9.17) is 5.10 Å². The molecule has 124 valence electrons. The molecule has 0 amide bonds. The van der Waals surface area contributed by atoms with Crippen LogP contribution in [-0.4, -0.2) is 27.5 Å². The van der Waals surface area contributed by atoms with Crippen molar-refractivity contribution in [1.82, 2.24) is 15.1 Å². The molecular formula is C20H23N3O. The van der Waals surface area contributed by atoms with Crippen LogP contribution < -0.4 is 5.32 Å². The molecule has 4 nitrogen and oxygen atoms in total. The Morgan fingerprint density at radius 3 is 2.33 bits per heavy atom. The van der Waals surface area contributed by atoms with E-state index in [0.29, 0.717) is 6.54 Å². The van der Waals surface area contributed by atoms with Gasteiger partial charge in [0, 0.05) is 29.9 Å². The Balaban J connectivity index is 1.94. The van der Waals surface area contributed by atoms with Crippen LogP contribution in [0.4, 0.5) is 0 Å². The van der Waals surface area contributed by atoms with E-state index >= 15 is 0 Å². The summed E-state index contributed by atoms with van der Waals surface area (Å²) < 4.78 is 1.92. The van der Waals surface area contributed by atoms with E-state index in [0.717, 1.165) is 28.9 Å². The number of aromatic nitrogens is 2. The first-order valence-corrected chi connectivity index (χ1v) is 8.35. The van der Waals surface area contributed by atoms with E-state index < -0.39 is 0 Å². The maximum Gasteiger partial charge on any atom is 0.0972 e. The summed E-state index contributed by atoms with van der Waals surface area (Å²) in [5, 5.41) is 17.6. The zero-order valence-corrected chi connectivity index (χ0v) is 13.9. The number of aliphatic hydroxyl groups is 1. The Hall–Kier alpha value is -2.43. The number of nitrogens with zero attached hydrogens (tertiary/aromatic N) is 2. The molecule has 24 heavy (non-hydrogen) atoms. The second-order valence-corrected chi connectivity index (χ2v) is 5.82. The summed E-state index contributed by atoms with van der Waals surface area (Å²) in [6.07, 6.45) is 2.96. The number of para-hydroxylation sites is 1. The van der Waals surface area contributed by atoms with E-state index in [1.807, 2.05) is 53.2 Å². The van der Waals surface area contributed by atoms with Gasteiger partial charge in [-0.25, -0.2) is 4.68 Å². The van der Waals surface area contributed by atoms with Crippen LogP contribution in [0.1, 0.15) is 18.9 Å². The molecule has 1 aromatic heterocycles. The molecule has 0 bridgehead atoms. The number of hydrogen-bond acceptors (Lipinski definition) is 3. The summed E-state index contributed by atoms with van der Waals surface area (Å²) >= 11 is 0. The molecule has 0 aliphatic heterocycles. The van der Waals surface area contributed by atoms with Gasteiger partial charge in [0.1, 0.15) is 0 Å². The lowest BCUT2D eigenvalue weighted by molar-refractivity contribution is 0.238. The van der Waals surface area contributed by atoms with Gasteiger partial charge in [-0.2, -0.15) is 5.10 Å². The molecule has 2 aromatic carbocycles. The molecule has 0 saturated carbocycles. The summed E-state index contributed by atoms with van der Waals surface area (Å²) in [4.78, 5) is 0. The van der Waals surface area contributed by atoms with Gasteiger partial charge in [-0.05, 0) is 18.6 Å². The first-order chi connectivity index (χ1) is 11.8. The van der Waals surface area contributed by atoms with Crippen molar-refractivity contribution in [2.75, 3.05) is 6.61 Å². The largest absolute Gasteiger partial charge is 0.395 e. The van der Waals surface area contributed by atoms with E-state index in [-0.39, 0.29) is 12.6 Å². The van der Waals surface area contributed by atoms with Crippen LogP contribution in [0.3, 0.4) is 0 Å². The molecule has 0 spiro atoms. The van der Waals surface area contributed by atoms with Crippen molar-refractivity contribution in [2.24, 2.45) is 0 Å². The fourth-order valence-corrected chi connectivity index (χ4v) is 2.68. The van der Waals surface area contributed by atoms with Crippen molar-refractivity contribution in [3.8, 4) is 16.9 Å². The summed E-state index contributed by atoms with van der Waals surface area (Å²) in [6, 6.07) is 20.4. The molecular weight excluding hydrogens is 298 g/mol. The van der Waals surface area contributed by atoms with Crippen LogP contribution in [-0.2, 0) is 6.54 Å². The minimum absolute atomic E-state index is 0.105. The number of nitrogens with one attached hydrogen (secondary N) is 1. The topological polar surface area (TPSA) is 50.1 Å². The van der Waals surface area contributed by atoms with Crippen LogP contribution in [0.15, 0.2) is 66.9 Å².